The zero-order chi connectivity index (χ0) is 14.0. The van der Waals surface area contributed by atoms with E-state index in [0.717, 1.165) is 25.4 Å². The maximum atomic E-state index is 11.6. The number of para-hydroxylation sites is 1. The number of amides is 1. The molecule has 0 unspecified atom stereocenters. The van der Waals surface area contributed by atoms with Gasteiger partial charge in [0, 0.05) is 13.0 Å². The van der Waals surface area contributed by atoms with Gasteiger partial charge in [0.1, 0.15) is 5.75 Å². The van der Waals surface area contributed by atoms with E-state index in [1.54, 1.807) is 0 Å². The molecule has 1 fully saturated rings. The largest absolute Gasteiger partial charge is 0.493 e. The summed E-state index contributed by atoms with van der Waals surface area (Å²) in [4.78, 5) is 11.6. The fourth-order valence-corrected chi connectivity index (χ4v) is 1.90. The average molecular weight is 279 g/mol. The minimum Gasteiger partial charge on any atom is -0.493 e. The lowest BCUT2D eigenvalue weighted by Crippen LogP contribution is -2.32. The summed E-state index contributed by atoms with van der Waals surface area (Å²) in [6.07, 6.45) is 1.80. The molecule has 1 saturated heterocycles. The van der Waals surface area contributed by atoms with Gasteiger partial charge in [-0.05, 0) is 18.6 Å². The van der Waals surface area contributed by atoms with Crippen molar-refractivity contribution >= 4 is 5.91 Å². The summed E-state index contributed by atoms with van der Waals surface area (Å²) in [6.45, 7) is 2.42. The lowest BCUT2D eigenvalue weighted by atomic mass is 10.3. The van der Waals surface area contributed by atoms with Crippen molar-refractivity contribution in [2.75, 3.05) is 26.4 Å². The minimum absolute atomic E-state index is 0.0169. The fourth-order valence-electron chi connectivity index (χ4n) is 1.90. The zero-order valence-corrected chi connectivity index (χ0v) is 11.5. The van der Waals surface area contributed by atoms with Crippen LogP contribution < -0.4 is 10.1 Å². The van der Waals surface area contributed by atoms with Crippen molar-refractivity contribution in [3.05, 3.63) is 30.3 Å². The molecule has 0 spiro atoms. The molecular weight excluding hydrogens is 258 g/mol. The van der Waals surface area contributed by atoms with E-state index in [1.165, 1.54) is 0 Å². The molecule has 0 saturated carbocycles. The molecule has 1 aliphatic rings. The Morgan fingerprint density at radius 3 is 2.75 bits per heavy atom. The predicted octanol–water partition coefficient (Wildman–Crippen LogP) is 1.72. The summed E-state index contributed by atoms with van der Waals surface area (Å²) in [5, 5.41) is 2.84. The van der Waals surface area contributed by atoms with Gasteiger partial charge in [0.2, 0.25) is 5.91 Å². The van der Waals surface area contributed by atoms with Crippen LogP contribution in [-0.4, -0.2) is 38.6 Å². The second kappa shape index (κ2) is 8.55. The number of rotatable bonds is 7. The Kier molecular flexibility index (Phi) is 6.34. The number of hydrogen-bond acceptors (Lipinski definition) is 4. The summed E-state index contributed by atoms with van der Waals surface area (Å²) in [6, 6.07) is 9.47. The van der Waals surface area contributed by atoms with Crippen molar-refractivity contribution < 1.29 is 19.0 Å². The highest BCUT2D eigenvalue weighted by Gasteiger charge is 2.13. The third-order valence-electron chi connectivity index (χ3n) is 2.94. The van der Waals surface area contributed by atoms with Gasteiger partial charge in [-0.1, -0.05) is 18.2 Å². The van der Waals surface area contributed by atoms with Crippen molar-refractivity contribution in [2.45, 2.75) is 25.6 Å². The van der Waals surface area contributed by atoms with E-state index in [9.17, 15) is 4.79 Å². The first-order chi connectivity index (χ1) is 9.84. The highest BCUT2D eigenvalue weighted by Crippen LogP contribution is 2.09. The van der Waals surface area contributed by atoms with Crippen LogP contribution in [0.5, 0.6) is 5.75 Å². The summed E-state index contributed by atoms with van der Waals surface area (Å²) in [5.41, 5.74) is 0. The Labute approximate surface area is 119 Å². The minimum atomic E-state index is -0.176. The van der Waals surface area contributed by atoms with E-state index in [-0.39, 0.29) is 12.2 Å². The second-order valence-corrected chi connectivity index (χ2v) is 4.57. The molecule has 5 heteroatoms. The lowest BCUT2D eigenvalue weighted by Gasteiger charge is -2.23. The number of nitrogens with one attached hydrogen (secondary N) is 1. The van der Waals surface area contributed by atoms with E-state index in [1.807, 2.05) is 30.3 Å². The lowest BCUT2D eigenvalue weighted by molar-refractivity contribution is -0.180. The van der Waals surface area contributed by atoms with Gasteiger partial charge < -0.3 is 19.5 Å². The molecule has 0 atom stereocenters. The molecule has 20 heavy (non-hydrogen) atoms. The molecule has 1 aliphatic heterocycles. The molecule has 0 aromatic heterocycles. The van der Waals surface area contributed by atoms with Gasteiger partial charge >= 0.3 is 0 Å². The predicted molar refractivity (Wildman–Crippen MR) is 74.5 cm³/mol. The van der Waals surface area contributed by atoms with Crippen LogP contribution in [0.25, 0.3) is 0 Å². The van der Waals surface area contributed by atoms with E-state index in [0.29, 0.717) is 26.0 Å². The van der Waals surface area contributed by atoms with E-state index < -0.39 is 0 Å². The topological polar surface area (TPSA) is 56.8 Å². The number of hydrogen-bond donors (Lipinski definition) is 1. The van der Waals surface area contributed by atoms with Gasteiger partial charge in [0.25, 0.3) is 0 Å². The number of carbonyl (C=O) groups is 1. The molecular formula is C15H21NO4. The van der Waals surface area contributed by atoms with Crippen molar-refractivity contribution in [1.82, 2.24) is 5.32 Å². The maximum Gasteiger partial charge on any atom is 0.223 e. The van der Waals surface area contributed by atoms with E-state index in [2.05, 4.69) is 5.32 Å². The molecule has 0 radical (unpaired) electrons. The normalized spacial score (nSPS) is 15.8. The molecule has 5 nitrogen and oxygen atoms in total. The standard InChI is InChI=1S/C15H21NO4/c17-14(8-12-18-13-5-2-1-3-6-13)16-9-7-15-19-10-4-11-20-15/h1-3,5-6,15H,4,7-12H2,(H,16,17). The van der Waals surface area contributed by atoms with Crippen molar-refractivity contribution in [3.8, 4) is 5.75 Å². The van der Waals surface area contributed by atoms with Crippen molar-refractivity contribution in [2.24, 2.45) is 0 Å². The summed E-state index contributed by atoms with van der Waals surface area (Å²) in [7, 11) is 0. The first-order valence-electron chi connectivity index (χ1n) is 7.02. The van der Waals surface area contributed by atoms with Crippen LogP contribution in [0.2, 0.25) is 0 Å². The summed E-state index contributed by atoms with van der Waals surface area (Å²) < 4.78 is 16.3. The second-order valence-electron chi connectivity index (χ2n) is 4.57. The van der Waals surface area contributed by atoms with Crippen LogP contribution in [0.3, 0.4) is 0 Å². The summed E-state index contributed by atoms with van der Waals surface area (Å²) >= 11 is 0. The Morgan fingerprint density at radius 2 is 2.00 bits per heavy atom. The number of carbonyl (C=O) groups excluding carboxylic acids is 1. The highest BCUT2D eigenvalue weighted by atomic mass is 16.7. The molecule has 110 valence electrons. The number of benzene rings is 1. The van der Waals surface area contributed by atoms with E-state index >= 15 is 0 Å². The molecule has 1 N–H and O–H groups in total. The van der Waals surface area contributed by atoms with Gasteiger partial charge in [0.15, 0.2) is 6.29 Å². The van der Waals surface area contributed by atoms with Crippen molar-refractivity contribution in [3.63, 3.8) is 0 Å². The average Bonchev–Trinajstić information content (AvgIpc) is 2.49. The Bertz CT molecular complexity index is 390. The molecule has 0 bridgehead atoms. The van der Waals surface area contributed by atoms with Crippen LogP contribution in [0.15, 0.2) is 30.3 Å². The smallest absolute Gasteiger partial charge is 0.223 e. The van der Waals surface area contributed by atoms with Gasteiger partial charge in [-0.25, -0.2) is 0 Å². The molecule has 2 rings (SSSR count). The van der Waals surface area contributed by atoms with Gasteiger partial charge in [-0.3, -0.25) is 4.79 Å². The first kappa shape index (κ1) is 14.8. The van der Waals surface area contributed by atoms with Crippen LogP contribution in [-0.2, 0) is 14.3 Å². The van der Waals surface area contributed by atoms with Crippen molar-refractivity contribution in [1.29, 1.82) is 0 Å². The highest BCUT2D eigenvalue weighted by molar-refractivity contribution is 5.75. The van der Waals surface area contributed by atoms with Gasteiger partial charge in [-0.2, -0.15) is 0 Å². The SMILES string of the molecule is O=C(CCOc1ccccc1)NCCC1OCCCO1. The van der Waals surface area contributed by atoms with E-state index in [4.69, 9.17) is 14.2 Å². The fraction of sp³-hybridized carbons (Fsp3) is 0.533. The molecule has 1 amide bonds. The maximum absolute atomic E-state index is 11.6. The first-order valence-corrected chi connectivity index (χ1v) is 7.02. The van der Waals surface area contributed by atoms with Crippen LogP contribution in [0, 0.1) is 0 Å². The van der Waals surface area contributed by atoms with Gasteiger partial charge in [-0.15, -0.1) is 0 Å². The Balaban J connectivity index is 1.52. The number of ether oxygens (including phenoxy) is 3. The quantitative estimate of drug-likeness (QED) is 0.825. The molecule has 1 aromatic carbocycles. The van der Waals surface area contributed by atoms with Crippen LogP contribution >= 0.6 is 0 Å². The zero-order valence-electron chi connectivity index (χ0n) is 11.5. The van der Waals surface area contributed by atoms with Crippen LogP contribution in [0.1, 0.15) is 19.3 Å². The summed E-state index contributed by atoms with van der Waals surface area (Å²) in [5.74, 6) is 0.765. The Hall–Kier alpha value is -1.59. The Morgan fingerprint density at radius 1 is 1.25 bits per heavy atom. The molecule has 0 aliphatic carbocycles. The third kappa shape index (κ3) is 5.59. The molecule has 1 heterocycles. The molecule has 1 aromatic rings. The monoisotopic (exact) mass is 279 g/mol. The van der Waals surface area contributed by atoms with Gasteiger partial charge in [0.05, 0.1) is 26.2 Å². The van der Waals surface area contributed by atoms with Crippen LogP contribution in [0.4, 0.5) is 0 Å². The third-order valence-corrected chi connectivity index (χ3v) is 2.94.